The lowest BCUT2D eigenvalue weighted by atomic mass is 10.0. The van der Waals surface area contributed by atoms with Crippen LogP contribution in [-0.4, -0.2) is 55.4 Å². The van der Waals surface area contributed by atoms with Crippen LogP contribution < -0.4 is 10.1 Å². The summed E-state index contributed by atoms with van der Waals surface area (Å²) in [5.74, 6) is -0.297. The van der Waals surface area contributed by atoms with Crippen molar-refractivity contribution in [2.24, 2.45) is 0 Å². The number of rotatable bonds is 14. The first-order valence-corrected chi connectivity index (χ1v) is 16.8. The Morgan fingerprint density at radius 1 is 0.822 bits per heavy atom. The highest BCUT2D eigenvalue weighted by atomic mass is 35.5. The minimum absolute atomic E-state index is 0.00635. The summed E-state index contributed by atoms with van der Waals surface area (Å²) in [5, 5.41) is 3.80. The van der Waals surface area contributed by atoms with E-state index in [0.717, 1.165) is 27.3 Å². The van der Waals surface area contributed by atoms with E-state index < -0.39 is 34.4 Å². The van der Waals surface area contributed by atoms with Gasteiger partial charge >= 0.3 is 0 Å². The molecule has 1 N–H and O–H groups in total. The Balaban J connectivity index is 1.69. The first-order valence-electron chi connectivity index (χ1n) is 14.2. The van der Waals surface area contributed by atoms with Crippen molar-refractivity contribution in [3.63, 3.8) is 0 Å². The number of methoxy groups -OCH3 is 1. The minimum atomic E-state index is -3.79. The molecule has 4 aromatic rings. The summed E-state index contributed by atoms with van der Waals surface area (Å²) in [5.41, 5.74) is 2.96. The van der Waals surface area contributed by atoms with Crippen LogP contribution in [0.5, 0.6) is 5.75 Å². The number of carbonyl (C=O) groups is 2. The maximum atomic E-state index is 14.2. The van der Waals surface area contributed by atoms with E-state index in [1.54, 1.807) is 61.7 Å². The van der Waals surface area contributed by atoms with Gasteiger partial charge in [0.05, 0.1) is 19.9 Å². The van der Waals surface area contributed by atoms with Crippen molar-refractivity contribution in [1.82, 2.24) is 14.5 Å². The zero-order valence-corrected chi connectivity index (χ0v) is 27.4. The van der Waals surface area contributed by atoms with Gasteiger partial charge in [0.2, 0.25) is 21.8 Å². The fraction of sp³-hybridized carbons (Fsp3) is 0.235. The number of halogens is 2. The van der Waals surface area contributed by atoms with Crippen molar-refractivity contribution < 1.29 is 22.7 Å². The van der Waals surface area contributed by atoms with E-state index >= 15 is 0 Å². The van der Waals surface area contributed by atoms with Gasteiger partial charge in [-0.1, -0.05) is 102 Å². The van der Waals surface area contributed by atoms with Crippen molar-refractivity contribution >= 4 is 45.0 Å². The molecule has 11 heteroatoms. The molecule has 2 amide bonds. The predicted molar refractivity (Wildman–Crippen MR) is 177 cm³/mol. The van der Waals surface area contributed by atoms with E-state index in [9.17, 15) is 18.0 Å². The highest BCUT2D eigenvalue weighted by Crippen LogP contribution is 2.22. The molecule has 0 aromatic heterocycles. The van der Waals surface area contributed by atoms with Crippen LogP contribution >= 0.6 is 23.2 Å². The van der Waals surface area contributed by atoms with Crippen molar-refractivity contribution in [2.75, 3.05) is 19.9 Å². The Hall–Kier alpha value is -3.89. The molecule has 0 radical (unpaired) electrons. The van der Waals surface area contributed by atoms with Crippen LogP contribution in [0.3, 0.4) is 0 Å². The maximum Gasteiger partial charge on any atom is 0.243 e. The van der Waals surface area contributed by atoms with E-state index in [4.69, 9.17) is 27.9 Å². The zero-order valence-electron chi connectivity index (χ0n) is 25.0. The highest BCUT2D eigenvalue weighted by molar-refractivity contribution is 7.88. The third kappa shape index (κ3) is 10.1. The van der Waals surface area contributed by atoms with Crippen LogP contribution in [0.2, 0.25) is 10.0 Å². The third-order valence-corrected chi connectivity index (χ3v) is 9.02. The third-order valence-electron chi connectivity index (χ3n) is 7.23. The lowest BCUT2D eigenvalue weighted by Gasteiger charge is -2.33. The number of nitrogens with zero attached hydrogens (tertiary/aromatic N) is 2. The topological polar surface area (TPSA) is 96.0 Å². The summed E-state index contributed by atoms with van der Waals surface area (Å²) in [6, 6.07) is 29.6. The van der Waals surface area contributed by atoms with Gasteiger partial charge in [-0.2, -0.15) is 4.31 Å². The van der Waals surface area contributed by atoms with E-state index in [1.165, 1.54) is 4.90 Å². The van der Waals surface area contributed by atoms with Crippen LogP contribution in [0.15, 0.2) is 103 Å². The number of hydrogen-bond acceptors (Lipinski definition) is 5. The van der Waals surface area contributed by atoms with Gasteiger partial charge in [-0.25, -0.2) is 8.42 Å². The van der Waals surface area contributed by atoms with Crippen LogP contribution in [0.25, 0.3) is 0 Å². The van der Waals surface area contributed by atoms with E-state index in [2.05, 4.69) is 5.32 Å². The molecule has 1 atom stereocenters. The number of sulfonamides is 1. The Bertz CT molecular complexity index is 1690. The van der Waals surface area contributed by atoms with E-state index in [1.807, 2.05) is 48.5 Å². The smallest absolute Gasteiger partial charge is 0.243 e. The molecule has 0 aliphatic rings. The van der Waals surface area contributed by atoms with Crippen LogP contribution in [0.1, 0.15) is 22.3 Å². The molecule has 8 nitrogen and oxygen atoms in total. The molecule has 0 unspecified atom stereocenters. The minimum Gasteiger partial charge on any atom is -0.497 e. The normalized spacial score (nSPS) is 12.0. The lowest BCUT2D eigenvalue weighted by molar-refractivity contribution is -0.141. The van der Waals surface area contributed by atoms with Crippen molar-refractivity contribution in [2.45, 2.75) is 32.1 Å². The fourth-order valence-corrected chi connectivity index (χ4v) is 5.97. The van der Waals surface area contributed by atoms with Gasteiger partial charge in [0.25, 0.3) is 0 Å². The number of benzene rings is 4. The number of hydrogen-bond donors (Lipinski definition) is 1. The number of amides is 2. The molecule has 0 spiro atoms. The molecule has 0 saturated carbocycles. The number of carbonyl (C=O) groups excluding carboxylic acids is 2. The molecule has 0 fully saturated rings. The van der Waals surface area contributed by atoms with Crippen LogP contribution in [0.4, 0.5) is 0 Å². The van der Waals surface area contributed by atoms with Gasteiger partial charge in [0.1, 0.15) is 11.8 Å². The average molecular weight is 669 g/mol. The summed E-state index contributed by atoms with van der Waals surface area (Å²) < 4.78 is 32.2. The average Bonchev–Trinajstić information content (AvgIpc) is 3.02. The van der Waals surface area contributed by atoms with Crippen LogP contribution in [0, 0.1) is 0 Å². The van der Waals surface area contributed by atoms with E-state index in [0.29, 0.717) is 21.4 Å². The summed E-state index contributed by atoms with van der Waals surface area (Å²) in [7, 11) is -2.23. The maximum absolute atomic E-state index is 14.2. The molecule has 4 rings (SSSR count). The lowest BCUT2D eigenvalue weighted by Crippen LogP contribution is -2.53. The molecule has 45 heavy (non-hydrogen) atoms. The molecule has 0 saturated heterocycles. The first-order chi connectivity index (χ1) is 21.5. The highest BCUT2D eigenvalue weighted by Gasteiger charge is 2.33. The summed E-state index contributed by atoms with van der Waals surface area (Å²) >= 11 is 12.4. The van der Waals surface area contributed by atoms with Gasteiger partial charge in [0, 0.05) is 36.1 Å². The molecule has 0 aliphatic heterocycles. The Morgan fingerprint density at radius 3 is 2.00 bits per heavy atom. The largest absolute Gasteiger partial charge is 0.497 e. The van der Waals surface area contributed by atoms with Gasteiger partial charge < -0.3 is 15.0 Å². The fourth-order valence-electron chi connectivity index (χ4n) is 4.77. The molecular formula is C34H35Cl2N3O5S. The quantitative estimate of drug-likeness (QED) is 0.186. The van der Waals surface area contributed by atoms with Crippen molar-refractivity contribution in [3.8, 4) is 5.75 Å². The first kappa shape index (κ1) is 34.0. The Morgan fingerprint density at radius 2 is 1.42 bits per heavy atom. The predicted octanol–water partition coefficient (Wildman–Crippen LogP) is 5.72. The molecule has 236 valence electrons. The molecule has 0 bridgehead atoms. The summed E-state index contributed by atoms with van der Waals surface area (Å²) in [6.45, 7) is -0.287. The molecule has 4 aromatic carbocycles. The molecule has 0 aliphatic carbocycles. The van der Waals surface area contributed by atoms with Gasteiger partial charge in [-0.05, 0) is 46.5 Å². The Labute approximate surface area is 274 Å². The molecular weight excluding hydrogens is 633 g/mol. The van der Waals surface area contributed by atoms with Gasteiger partial charge in [0.15, 0.2) is 0 Å². The van der Waals surface area contributed by atoms with E-state index in [-0.39, 0.29) is 26.1 Å². The number of ether oxygens (including phenoxy) is 1. The number of nitrogens with one attached hydrogen (secondary N) is 1. The summed E-state index contributed by atoms with van der Waals surface area (Å²) in [4.78, 5) is 29.6. The second-order valence-electron chi connectivity index (χ2n) is 10.5. The Kier molecular flexibility index (Phi) is 12.0. The molecule has 0 heterocycles. The second-order valence-corrected chi connectivity index (χ2v) is 13.4. The van der Waals surface area contributed by atoms with Crippen LogP contribution in [-0.2, 0) is 45.7 Å². The second kappa shape index (κ2) is 15.9. The monoisotopic (exact) mass is 667 g/mol. The zero-order chi connectivity index (χ0) is 32.4. The summed E-state index contributed by atoms with van der Waals surface area (Å²) in [6.07, 6.45) is 1.27. The van der Waals surface area contributed by atoms with Crippen molar-refractivity contribution in [1.29, 1.82) is 0 Å². The standard InChI is InChI=1S/C34H35Cl2N3O5S/c1-44-30-17-13-27(14-18-30)23-39(33(40)24-38(45(2,42)43)22-26-11-7-4-8-12-26)32(19-25-9-5-3-6-10-25)34(41)37-21-28-15-16-29(35)20-31(28)36/h3-18,20,32H,19,21-24H2,1-2H3,(H,37,41)/t32-/m1/s1. The SMILES string of the molecule is COc1ccc(CN(C(=O)CN(Cc2ccccc2)S(C)(=O)=O)[C@H](Cc2ccccc2)C(=O)NCc2ccc(Cl)cc2Cl)cc1. The van der Waals surface area contributed by atoms with Gasteiger partial charge in [-0.3, -0.25) is 9.59 Å². The van der Waals surface area contributed by atoms with Crippen molar-refractivity contribution in [3.05, 3.63) is 135 Å². The van der Waals surface area contributed by atoms with Gasteiger partial charge in [-0.15, -0.1) is 0 Å².